The number of rotatable bonds is 4. The van der Waals surface area contributed by atoms with Crippen molar-refractivity contribution in [3.63, 3.8) is 0 Å². The number of carboxylic acid groups (broad SMARTS) is 1. The van der Waals surface area contributed by atoms with Crippen molar-refractivity contribution in [2.45, 2.75) is 53.2 Å². The van der Waals surface area contributed by atoms with Crippen molar-refractivity contribution >= 4 is 34.8 Å². The van der Waals surface area contributed by atoms with Gasteiger partial charge >= 0.3 is 18.0 Å². The van der Waals surface area contributed by atoms with E-state index >= 15 is 0 Å². The fourth-order valence-electron chi connectivity index (χ4n) is 3.40. The molecule has 0 saturated heterocycles. The number of carboxylic acids is 1. The first-order chi connectivity index (χ1) is 13.7. The van der Waals surface area contributed by atoms with E-state index in [9.17, 15) is 19.5 Å². The fourth-order valence-corrected chi connectivity index (χ4v) is 3.40. The molecule has 2 aromatic rings. The second-order valence-corrected chi connectivity index (χ2v) is 9.13. The van der Waals surface area contributed by atoms with Crippen LogP contribution in [0.2, 0.25) is 0 Å². The number of likely N-dealkylation sites (N-methyl/N-ethyl adjacent to an activating group) is 1. The number of hydrogen-bond donors (Lipinski definition) is 1. The van der Waals surface area contributed by atoms with Gasteiger partial charge in [-0.1, -0.05) is 20.8 Å². The summed E-state index contributed by atoms with van der Waals surface area (Å²) in [5, 5.41) is 10.1. The van der Waals surface area contributed by atoms with Crippen LogP contribution in [-0.4, -0.2) is 58.5 Å². The molecule has 2 rings (SSSR count). The second kappa shape index (κ2) is 7.97. The summed E-state index contributed by atoms with van der Waals surface area (Å²) in [4.78, 5) is 43.0. The van der Waals surface area contributed by atoms with Gasteiger partial charge in [0, 0.05) is 19.4 Å². The minimum Gasteiger partial charge on any atom is -0.480 e. The Morgan fingerprint density at radius 1 is 1.17 bits per heavy atom. The van der Waals surface area contributed by atoms with Gasteiger partial charge in [0.15, 0.2) is 5.65 Å². The third-order valence-corrected chi connectivity index (χ3v) is 4.48. The van der Waals surface area contributed by atoms with Crippen LogP contribution in [0.5, 0.6) is 0 Å². The Morgan fingerprint density at radius 2 is 1.77 bits per heavy atom. The standard InChI is InChI=1S/C21H29N3O6/c1-20(2,3)15(17(25)26)23(7)13-9-10-22-16-14(13)12(18(27)29-8)11-24(16)19(28)30-21(4,5)6/h9-11,15H,1-8H3,(H,25,26)/t15-/m0/s1. The van der Waals surface area contributed by atoms with Gasteiger partial charge in [-0.3, -0.25) is 0 Å². The van der Waals surface area contributed by atoms with Gasteiger partial charge in [-0.2, -0.15) is 0 Å². The zero-order chi connectivity index (χ0) is 23.0. The molecule has 0 radical (unpaired) electrons. The van der Waals surface area contributed by atoms with E-state index in [1.54, 1.807) is 38.8 Å². The molecule has 0 saturated carbocycles. The Balaban J connectivity index is 2.78. The molecule has 2 heterocycles. The summed E-state index contributed by atoms with van der Waals surface area (Å²) in [6.45, 7) is 10.6. The lowest BCUT2D eigenvalue weighted by Gasteiger charge is -2.36. The molecule has 9 heteroatoms. The van der Waals surface area contributed by atoms with Crippen LogP contribution in [-0.2, 0) is 14.3 Å². The number of carbonyl (C=O) groups is 3. The number of hydrogen-bond acceptors (Lipinski definition) is 7. The molecule has 164 valence electrons. The van der Waals surface area contributed by atoms with Crippen molar-refractivity contribution in [3.05, 3.63) is 24.0 Å². The first-order valence-electron chi connectivity index (χ1n) is 9.46. The summed E-state index contributed by atoms with van der Waals surface area (Å²) >= 11 is 0. The highest BCUT2D eigenvalue weighted by Crippen LogP contribution is 2.35. The number of aromatic nitrogens is 2. The molecule has 0 spiro atoms. The first kappa shape index (κ1) is 23.2. The summed E-state index contributed by atoms with van der Waals surface area (Å²) in [5.41, 5.74) is -0.674. The molecule has 0 aliphatic rings. The van der Waals surface area contributed by atoms with E-state index in [-0.39, 0.29) is 11.2 Å². The topological polar surface area (TPSA) is 111 Å². The number of aliphatic carboxylic acids is 1. The monoisotopic (exact) mass is 419 g/mol. The Kier molecular flexibility index (Phi) is 6.15. The smallest absolute Gasteiger partial charge is 0.420 e. The van der Waals surface area contributed by atoms with Crippen LogP contribution in [0.1, 0.15) is 51.9 Å². The van der Waals surface area contributed by atoms with E-state index in [0.29, 0.717) is 11.1 Å². The van der Waals surface area contributed by atoms with E-state index in [2.05, 4.69) is 4.98 Å². The molecule has 0 amide bonds. The van der Waals surface area contributed by atoms with Gasteiger partial charge in [0.1, 0.15) is 11.6 Å². The molecule has 30 heavy (non-hydrogen) atoms. The van der Waals surface area contributed by atoms with Gasteiger partial charge in [-0.25, -0.2) is 23.9 Å². The van der Waals surface area contributed by atoms with Crippen LogP contribution in [0.3, 0.4) is 0 Å². The van der Waals surface area contributed by atoms with Crippen molar-refractivity contribution in [3.8, 4) is 0 Å². The zero-order valence-electron chi connectivity index (χ0n) is 18.6. The van der Waals surface area contributed by atoms with Gasteiger partial charge < -0.3 is 19.5 Å². The van der Waals surface area contributed by atoms with E-state index in [4.69, 9.17) is 9.47 Å². The van der Waals surface area contributed by atoms with Crippen LogP contribution < -0.4 is 4.90 Å². The molecular formula is C21H29N3O6. The lowest BCUT2D eigenvalue weighted by atomic mass is 9.85. The second-order valence-electron chi connectivity index (χ2n) is 9.13. The molecule has 2 aromatic heterocycles. The number of esters is 1. The Labute approximate surface area is 175 Å². The maximum atomic E-state index is 12.7. The van der Waals surface area contributed by atoms with Gasteiger partial charge in [0.25, 0.3) is 0 Å². The Hall–Kier alpha value is -3.10. The Bertz CT molecular complexity index is 981. The fraction of sp³-hybridized carbons (Fsp3) is 0.524. The third-order valence-electron chi connectivity index (χ3n) is 4.48. The molecular weight excluding hydrogens is 390 g/mol. The molecule has 0 unspecified atom stereocenters. The number of carbonyl (C=O) groups excluding carboxylic acids is 2. The number of ether oxygens (including phenoxy) is 2. The zero-order valence-corrected chi connectivity index (χ0v) is 18.6. The minimum absolute atomic E-state index is 0.0892. The molecule has 1 N–H and O–H groups in total. The van der Waals surface area contributed by atoms with E-state index in [1.807, 2.05) is 20.8 Å². The molecule has 0 fully saturated rings. The number of anilines is 1. The lowest BCUT2D eigenvalue weighted by Crippen LogP contribution is -2.47. The highest BCUT2D eigenvalue weighted by atomic mass is 16.6. The van der Waals surface area contributed by atoms with E-state index in [1.165, 1.54) is 19.5 Å². The molecule has 1 atom stereocenters. The van der Waals surface area contributed by atoms with Crippen molar-refractivity contribution < 1.29 is 29.0 Å². The Morgan fingerprint density at radius 3 is 2.23 bits per heavy atom. The van der Waals surface area contributed by atoms with Crippen molar-refractivity contribution in [2.75, 3.05) is 19.1 Å². The predicted octanol–water partition coefficient (Wildman–Crippen LogP) is 3.54. The highest BCUT2D eigenvalue weighted by molar-refractivity contribution is 6.10. The summed E-state index contributed by atoms with van der Waals surface area (Å²) < 4.78 is 11.4. The molecule has 0 aliphatic carbocycles. The molecule has 0 aromatic carbocycles. The largest absolute Gasteiger partial charge is 0.480 e. The van der Waals surface area contributed by atoms with Crippen LogP contribution in [0.4, 0.5) is 10.5 Å². The average Bonchev–Trinajstić information content (AvgIpc) is 2.97. The summed E-state index contributed by atoms with van der Waals surface area (Å²) in [7, 11) is 2.86. The maximum Gasteiger partial charge on any atom is 0.420 e. The number of methoxy groups -OCH3 is 1. The van der Waals surface area contributed by atoms with Crippen LogP contribution in [0.15, 0.2) is 18.5 Å². The van der Waals surface area contributed by atoms with E-state index in [0.717, 1.165) is 4.57 Å². The van der Waals surface area contributed by atoms with Crippen LogP contribution >= 0.6 is 0 Å². The average molecular weight is 419 g/mol. The maximum absolute atomic E-state index is 12.7. The summed E-state index contributed by atoms with van der Waals surface area (Å²) in [6, 6.07) is 0.703. The first-order valence-corrected chi connectivity index (χ1v) is 9.46. The lowest BCUT2D eigenvalue weighted by molar-refractivity contribution is -0.141. The van der Waals surface area contributed by atoms with Gasteiger partial charge in [0.05, 0.1) is 23.7 Å². The number of fused-ring (bicyclic) bond motifs is 1. The molecule has 9 nitrogen and oxygen atoms in total. The van der Waals surface area contributed by atoms with Crippen LogP contribution in [0.25, 0.3) is 11.0 Å². The molecule has 0 bridgehead atoms. The number of pyridine rings is 1. The molecule has 0 aliphatic heterocycles. The summed E-state index contributed by atoms with van der Waals surface area (Å²) in [6.07, 6.45) is 2.06. The van der Waals surface area contributed by atoms with Crippen molar-refractivity contribution in [2.24, 2.45) is 5.41 Å². The minimum atomic E-state index is -1.01. The third kappa shape index (κ3) is 4.55. The quantitative estimate of drug-likeness (QED) is 0.749. The highest BCUT2D eigenvalue weighted by Gasteiger charge is 2.37. The van der Waals surface area contributed by atoms with E-state index < -0.39 is 35.1 Å². The van der Waals surface area contributed by atoms with Crippen LogP contribution in [0, 0.1) is 5.41 Å². The van der Waals surface area contributed by atoms with Crippen molar-refractivity contribution in [1.82, 2.24) is 9.55 Å². The SMILES string of the molecule is COC(=O)c1cn(C(=O)OC(C)(C)C)c2nccc(N(C)[C@@H](C(=O)O)C(C)(C)C)c12. The van der Waals surface area contributed by atoms with Crippen molar-refractivity contribution in [1.29, 1.82) is 0 Å². The summed E-state index contributed by atoms with van der Waals surface area (Å²) in [5.74, 6) is -1.69. The van der Waals surface area contributed by atoms with Gasteiger partial charge in [0.2, 0.25) is 0 Å². The van der Waals surface area contributed by atoms with Gasteiger partial charge in [-0.05, 0) is 32.3 Å². The normalized spacial score (nSPS) is 13.1. The number of nitrogens with zero attached hydrogens (tertiary/aromatic N) is 3. The predicted molar refractivity (Wildman–Crippen MR) is 112 cm³/mol. The van der Waals surface area contributed by atoms with Gasteiger partial charge in [-0.15, -0.1) is 0 Å².